The molecule has 4 heterocycles. The van der Waals surface area contributed by atoms with Crippen molar-refractivity contribution in [2.45, 2.75) is 64.9 Å². The van der Waals surface area contributed by atoms with E-state index in [1.807, 2.05) is 45.0 Å². The summed E-state index contributed by atoms with van der Waals surface area (Å²) >= 11 is 0. The lowest BCUT2D eigenvalue weighted by Gasteiger charge is -2.25. The molecule has 0 radical (unpaired) electrons. The smallest absolute Gasteiger partial charge is 0.257 e. The van der Waals surface area contributed by atoms with Gasteiger partial charge in [-0.3, -0.25) is 4.79 Å². The fourth-order valence-corrected chi connectivity index (χ4v) is 5.78. The highest BCUT2D eigenvalue weighted by molar-refractivity contribution is 5.84. The minimum absolute atomic E-state index is 0.0632. The average molecular weight is 447 g/mol. The van der Waals surface area contributed by atoms with Gasteiger partial charge in [-0.25, -0.2) is 4.98 Å². The van der Waals surface area contributed by atoms with Gasteiger partial charge in [0.25, 0.3) is 5.56 Å². The molecule has 33 heavy (non-hydrogen) atoms. The molecule has 0 bridgehead atoms. The number of nitrogens with zero attached hydrogens (tertiary/aromatic N) is 2. The Balaban J connectivity index is 1.70. The monoisotopic (exact) mass is 446 g/mol. The summed E-state index contributed by atoms with van der Waals surface area (Å²) < 4.78 is 13.7. The van der Waals surface area contributed by atoms with E-state index in [4.69, 9.17) is 14.5 Å². The number of hydrogen-bond donors (Lipinski definition) is 0. The van der Waals surface area contributed by atoms with E-state index in [0.717, 1.165) is 39.7 Å². The van der Waals surface area contributed by atoms with Crippen molar-refractivity contribution in [3.05, 3.63) is 63.4 Å². The summed E-state index contributed by atoms with van der Waals surface area (Å²) in [6.07, 6.45) is 2.25. The summed E-state index contributed by atoms with van der Waals surface area (Å²) in [5, 5.41) is 1.06. The summed E-state index contributed by atoms with van der Waals surface area (Å²) in [5.41, 5.74) is 3.31. The normalized spacial score (nSPS) is 23.4. The van der Waals surface area contributed by atoms with Gasteiger partial charge in [0.2, 0.25) is 0 Å². The number of methoxy groups -OCH3 is 1. The molecule has 2 atom stereocenters. The van der Waals surface area contributed by atoms with Gasteiger partial charge in [-0.1, -0.05) is 39.0 Å². The van der Waals surface area contributed by atoms with Gasteiger partial charge >= 0.3 is 0 Å². The number of rotatable bonds is 7. The first kappa shape index (κ1) is 22.0. The Morgan fingerprint density at radius 3 is 2.73 bits per heavy atom. The molecule has 0 spiro atoms. The first-order chi connectivity index (χ1) is 15.7. The third-order valence-corrected chi connectivity index (χ3v) is 7.32. The molecular formula is C27H30N2O4. The standard InChI is InChI=1S/C27H30N2O4/c1-6-27(26(4,33-27)15-25(2,3)16-30)20-12-22-23-18(11-17-9-7-8-10-21(17)28-23)13-29(22)24(31)19(20)14-32-5/h7-12,16H,6,13-15H2,1-5H3. The molecule has 0 amide bonds. The van der Waals surface area contributed by atoms with Crippen LogP contribution in [0.1, 0.15) is 57.2 Å². The topological polar surface area (TPSA) is 73.7 Å². The van der Waals surface area contributed by atoms with Crippen LogP contribution in [-0.2, 0) is 33.0 Å². The molecule has 1 fully saturated rings. The molecule has 6 heteroatoms. The Hall–Kier alpha value is -2.83. The minimum Gasteiger partial charge on any atom is -0.380 e. The molecule has 1 aromatic carbocycles. The summed E-state index contributed by atoms with van der Waals surface area (Å²) in [4.78, 5) is 30.3. The zero-order chi connectivity index (χ0) is 23.6. The van der Waals surface area contributed by atoms with Crippen molar-refractivity contribution in [3.63, 3.8) is 0 Å². The van der Waals surface area contributed by atoms with Crippen LogP contribution in [0.25, 0.3) is 22.3 Å². The predicted molar refractivity (Wildman–Crippen MR) is 127 cm³/mol. The lowest BCUT2D eigenvalue weighted by molar-refractivity contribution is -0.115. The molecule has 2 unspecified atom stereocenters. The Labute approximate surface area is 193 Å². The van der Waals surface area contributed by atoms with Crippen LogP contribution in [0, 0.1) is 5.41 Å². The number of carbonyl (C=O) groups excluding carboxylic acids is 1. The maximum Gasteiger partial charge on any atom is 0.257 e. The van der Waals surface area contributed by atoms with E-state index >= 15 is 0 Å². The SMILES string of the molecule is CCC1(c2cc3n(c(=O)c2COC)Cc2cc4ccccc4nc2-3)OC1(C)CC(C)(C)C=O. The van der Waals surface area contributed by atoms with Gasteiger partial charge in [0.1, 0.15) is 17.5 Å². The van der Waals surface area contributed by atoms with Gasteiger partial charge in [0.05, 0.1) is 30.1 Å². The van der Waals surface area contributed by atoms with E-state index in [2.05, 4.69) is 19.1 Å². The Morgan fingerprint density at radius 1 is 1.27 bits per heavy atom. The lowest BCUT2D eigenvalue weighted by atomic mass is 9.75. The number of aromatic nitrogens is 2. The van der Waals surface area contributed by atoms with Crippen molar-refractivity contribution in [1.82, 2.24) is 9.55 Å². The van der Waals surface area contributed by atoms with Crippen molar-refractivity contribution in [2.24, 2.45) is 5.41 Å². The van der Waals surface area contributed by atoms with E-state index in [9.17, 15) is 9.59 Å². The van der Waals surface area contributed by atoms with E-state index < -0.39 is 16.6 Å². The number of pyridine rings is 2. The fraction of sp³-hybridized carbons (Fsp3) is 0.444. The minimum atomic E-state index is -0.643. The second kappa shape index (κ2) is 7.34. The number of para-hydroxylation sites is 1. The zero-order valence-electron chi connectivity index (χ0n) is 19.9. The summed E-state index contributed by atoms with van der Waals surface area (Å²) in [6.45, 7) is 8.66. The van der Waals surface area contributed by atoms with Crippen LogP contribution < -0.4 is 5.56 Å². The molecule has 2 aromatic heterocycles. The Bertz CT molecular complexity index is 1340. The fourth-order valence-electron chi connectivity index (χ4n) is 5.78. The highest BCUT2D eigenvalue weighted by Gasteiger charge is 2.68. The molecule has 0 aliphatic carbocycles. The molecule has 0 saturated carbocycles. The number of fused-ring (bicyclic) bond motifs is 4. The predicted octanol–water partition coefficient (Wildman–Crippen LogP) is 4.58. The number of epoxide rings is 1. The van der Waals surface area contributed by atoms with Gasteiger partial charge < -0.3 is 18.8 Å². The Morgan fingerprint density at radius 2 is 2.03 bits per heavy atom. The van der Waals surface area contributed by atoms with E-state index in [1.54, 1.807) is 11.7 Å². The van der Waals surface area contributed by atoms with Crippen LogP contribution >= 0.6 is 0 Å². The summed E-state index contributed by atoms with van der Waals surface area (Å²) in [6, 6.07) is 12.2. The number of benzene rings is 1. The number of hydrogen-bond acceptors (Lipinski definition) is 5. The zero-order valence-corrected chi connectivity index (χ0v) is 19.9. The second-order valence-electron chi connectivity index (χ2n) is 10.2. The number of carbonyl (C=O) groups is 1. The summed E-state index contributed by atoms with van der Waals surface area (Å²) in [5.74, 6) is 0. The van der Waals surface area contributed by atoms with E-state index in [0.29, 0.717) is 24.9 Å². The third-order valence-electron chi connectivity index (χ3n) is 7.32. The third kappa shape index (κ3) is 3.19. The van der Waals surface area contributed by atoms with Gasteiger partial charge in [-0.15, -0.1) is 0 Å². The molecule has 2 aliphatic heterocycles. The molecular weight excluding hydrogens is 416 g/mol. The molecule has 0 N–H and O–H groups in total. The van der Waals surface area contributed by atoms with E-state index in [-0.39, 0.29) is 12.2 Å². The first-order valence-electron chi connectivity index (χ1n) is 11.5. The summed E-state index contributed by atoms with van der Waals surface area (Å²) in [7, 11) is 1.60. The number of ether oxygens (including phenoxy) is 2. The van der Waals surface area contributed by atoms with Crippen LogP contribution in [0.4, 0.5) is 0 Å². The van der Waals surface area contributed by atoms with Crippen LogP contribution in [0.5, 0.6) is 0 Å². The molecule has 6 nitrogen and oxygen atoms in total. The molecule has 5 rings (SSSR count). The maximum atomic E-state index is 13.7. The molecule has 1 saturated heterocycles. The average Bonchev–Trinajstić information content (AvgIpc) is 3.22. The van der Waals surface area contributed by atoms with Crippen molar-refractivity contribution >= 4 is 17.2 Å². The van der Waals surface area contributed by atoms with Crippen molar-refractivity contribution < 1.29 is 14.3 Å². The van der Waals surface area contributed by atoms with Crippen LogP contribution in [0.3, 0.4) is 0 Å². The van der Waals surface area contributed by atoms with Gasteiger partial charge in [0, 0.05) is 29.0 Å². The highest BCUT2D eigenvalue weighted by atomic mass is 16.6. The molecule has 2 aliphatic rings. The quantitative estimate of drug-likeness (QED) is 0.307. The molecule has 172 valence electrons. The van der Waals surface area contributed by atoms with Gasteiger partial charge in [-0.05, 0) is 43.5 Å². The van der Waals surface area contributed by atoms with Gasteiger partial charge in [0.15, 0.2) is 0 Å². The first-order valence-corrected chi connectivity index (χ1v) is 11.5. The largest absolute Gasteiger partial charge is 0.380 e. The number of aldehydes is 1. The van der Waals surface area contributed by atoms with Crippen LogP contribution in [0.2, 0.25) is 0 Å². The lowest BCUT2D eigenvalue weighted by Crippen LogP contribution is -2.33. The molecule has 3 aromatic rings. The van der Waals surface area contributed by atoms with Crippen LogP contribution in [-0.4, -0.2) is 28.5 Å². The van der Waals surface area contributed by atoms with Crippen molar-refractivity contribution in [2.75, 3.05) is 7.11 Å². The van der Waals surface area contributed by atoms with E-state index in [1.165, 1.54) is 0 Å². The second-order valence-corrected chi connectivity index (χ2v) is 10.2. The van der Waals surface area contributed by atoms with Gasteiger partial charge in [-0.2, -0.15) is 0 Å². The Kier molecular flexibility index (Phi) is 4.89. The van der Waals surface area contributed by atoms with Crippen molar-refractivity contribution in [3.8, 4) is 11.4 Å². The maximum absolute atomic E-state index is 13.7. The van der Waals surface area contributed by atoms with Crippen molar-refractivity contribution in [1.29, 1.82) is 0 Å². The van der Waals surface area contributed by atoms with Crippen LogP contribution in [0.15, 0.2) is 41.2 Å². The highest BCUT2D eigenvalue weighted by Crippen LogP contribution is 2.62.